The van der Waals surface area contributed by atoms with Gasteiger partial charge in [0, 0.05) is 31.7 Å². The van der Waals surface area contributed by atoms with Gasteiger partial charge >= 0.3 is 5.97 Å². The Balaban J connectivity index is 1.06. The molecule has 6 nitrogen and oxygen atoms in total. The van der Waals surface area contributed by atoms with Crippen molar-refractivity contribution < 1.29 is 18.3 Å². The van der Waals surface area contributed by atoms with Crippen LogP contribution in [-0.4, -0.2) is 67.6 Å². The highest BCUT2D eigenvalue weighted by Gasteiger charge is 2.65. The van der Waals surface area contributed by atoms with Crippen LogP contribution >= 0.6 is 0 Å². The highest BCUT2D eigenvalue weighted by Crippen LogP contribution is 2.72. The van der Waals surface area contributed by atoms with E-state index in [1.54, 1.807) is 0 Å². The molecule has 7 heteroatoms. The molecule has 1 saturated heterocycles. The van der Waals surface area contributed by atoms with Gasteiger partial charge in [-0.2, -0.15) is 0 Å². The maximum absolute atomic E-state index is 11.9. The van der Waals surface area contributed by atoms with Crippen molar-refractivity contribution in [2.24, 2.45) is 51.8 Å². The largest absolute Gasteiger partial charge is 0.481 e. The molecule has 252 valence electrons. The Morgan fingerprint density at radius 1 is 0.911 bits per heavy atom. The summed E-state index contributed by atoms with van der Waals surface area (Å²) in [6, 6.07) is 0. The van der Waals surface area contributed by atoms with E-state index in [1.165, 1.54) is 75.4 Å². The zero-order valence-corrected chi connectivity index (χ0v) is 29.4. The summed E-state index contributed by atoms with van der Waals surface area (Å²) in [6.45, 7) is 13.8. The van der Waals surface area contributed by atoms with Gasteiger partial charge in [0.15, 0.2) is 9.84 Å². The average Bonchev–Trinajstić information content (AvgIpc) is 3.42. The Labute approximate surface area is 273 Å². The van der Waals surface area contributed by atoms with Crippen molar-refractivity contribution in [1.82, 2.24) is 10.2 Å². The van der Waals surface area contributed by atoms with Gasteiger partial charge in [0.25, 0.3) is 0 Å². The second kappa shape index (κ2) is 11.5. The van der Waals surface area contributed by atoms with Crippen LogP contribution in [0.5, 0.6) is 0 Å². The van der Waals surface area contributed by atoms with Crippen LogP contribution in [0.3, 0.4) is 0 Å². The van der Waals surface area contributed by atoms with Gasteiger partial charge in [-0.3, -0.25) is 4.79 Å². The number of hydrogen-bond acceptors (Lipinski definition) is 5. The fraction of sp³-hybridized carbons (Fsp3) is 0.868. The summed E-state index contributed by atoms with van der Waals surface area (Å²) in [4.78, 5) is 14.0. The van der Waals surface area contributed by atoms with Crippen LogP contribution in [0.2, 0.25) is 0 Å². The summed E-state index contributed by atoms with van der Waals surface area (Å²) in [5.41, 5.74) is 4.15. The third kappa shape index (κ3) is 5.32. The minimum Gasteiger partial charge on any atom is -0.481 e. The number of nitrogens with one attached hydrogen (secondary N) is 1. The fourth-order valence-electron chi connectivity index (χ4n) is 13.4. The van der Waals surface area contributed by atoms with Crippen LogP contribution in [0.4, 0.5) is 0 Å². The molecule has 1 heterocycles. The molecular weight excluding hydrogens is 580 g/mol. The quantitative estimate of drug-likeness (QED) is 0.330. The third-order valence-electron chi connectivity index (χ3n) is 15.5. The first-order valence-electron chi connectivity index (χ1n) is 18.6. The van der Waals surface area contributed by atoms with Gasteiger partial charge in [-0.15, -0.1) is 0 Å². The van der Waals surface area contributed by atoms with E-state index in [4.69, 9.17) is 0 Å². The van der Waals surface area contributed by atoms with Gasteiger partial charge in [-0.25, -0.2) is 8.42 Å². The van der Waals surface area contributed by atoms with Crippen LogP contribution in [0.1, 0.15) is 111 Å². The Hall–Kier alpha value is -1.18. The molecular formula is C38H60N2O4S. The molecule has 0 amide bonds. The van der Waals surface area contributed by atoms with E-state index < -0.39 is 15.8 Å². The van der Waals surface area contributed by atoms with E-state index in [-0.39, 0.29) is 11.3 Å². The molecule has 0 spiro atoms. The Morgan fingerprint density at radius 2 is 1.69 bits per heavy atom. The molecule has 0 aromatic heterocycles. The minimum absolute atomic E-state index is 0.128. The highest BCUT2D eigenvalue weighted by atomic mass is 32.2. The van der Waals surface area contributed by atoms with Crippen LogP contribution in [-0.2, 0) is 14.6 Å². The number of carboxylic acid groups (broad SMARTS) is 1. The SMILES string of the molecule is CC1(C)C(C2=CCC(C(=O)O)CC2)=CCC2(C)C1CCC1(C)C3CCC4(NCCN5CCS(=O)(=O)CC5)CCC[C@@H]4C3CC[C@@H]12. The molecule has 4 saturated carbocycles. The van der Waals surface area contributed by atoms with E-state index in [0.29, 0.717) is 53.3 Å². The van der Waals surface area contributed by atoms with Crippen molar-refractivity contribution in [3.63, 3.8) is 0 Å². The molecule has 5 fully saturated rings. The summed E-state index contributed by atoms with van der Waals surface area (Å²) in [5.74, 6) is 3.72. The lowest BCUT2D eigenvalue weighted by Gasteiger charge is -2.68. The number of nitrogens with zero attached hydrogens (tertiary/aromatic N) is 1. The summed E-state index contributed by atoms with van der Waals surface area (Å²) in [6.07, 6.45) is 20.6. The van der Waals surface area contributed by atoms with Crippen molar-refractivity contribution in [3.05, 3.63) is 23.3 Å². The number of allylic oxidation sites excluding steroid dienone is 4. The lowest BCUT2D eigenvalue weighted by atomic mass is 9.37. The van der Waals surface area contributed by atoms with Crippen molar-refractivity contribution >= 4 is 15.8 Å². The Kier molecular flexibility index (Phi) is 8.25. The summed E-state index contributed by atoms with van der Waals surface area (Å²) < 4.78 is 23.8. The normalized spacial score (nSPS) is 45.7. The van der Waals surface area contributed by atoms with Crippen molar-refractivity contribution in [2.75, 3.05) is 37.7 Å². The fourth-order valence-corrected chi connectivity index (χ4v) is 14.7. The number of rotatable bonds is 6. The average molecular weight is 641 g/mol. The topological polar surface area (TPSA) is 86.7 Å². The molecule has 0 aromatic rings. The molecule has 0 aromatic carbocycles. The summed E-state index contributed by atoms with van der Waals surface area (Å²) >= 11 is 0. The minimum atomic E-state index is -2.82. The molecule has 45 heavy (non-hydrogen) atoms. The Morgan fingerprint density at radius 3 is 2.40 bits per heavy atom. The smallest absolute Gasteiger partial charge is 0.306 e. The number of fused-ring (bicyclic) bond motifs is 7. The lowest BCUT2D eigenvalue weighted by molar-refractivity contribution is -0.175. The van der Waals surface area contributed by atoms with Crippen LogP contribution in [0.25, 0.3) is 0 Å². The molecule has 1 aliphatic heterocycles. The lowest BCUT2D eigenvalue weighted by Crippen LogP contribution is -2.64. The van der Waals surface area contributed by atoms with E-state index in [0.717, 1.165) is 49.6 Å². The van der Waals surface area contributed by atoms with Crippen LogP contribution in [0.15, 0.2) is 23.3 Å². The number of carboxylic acids is 1. The first-order valence-corrected chi connectivity index (χ1v) is 20.4. The number of carbonyl (C=O) groups is 1. The number of aliphatic carboxylic acids is 1. The molecule has 7 aliphatic rings. The van der Waals surface area contributed by atoms with E-state index in [1.807, 2.05) is 0 Å². The van der Waals surface area contributed by atoms with Gasteiger partial charge in [0.2, 0.25) is 0 Å². The summed E-state index contributed by atoms with van der Waals surface area (Å²) in [5, 5.41) is 13.7. The maximum atomic E-state index is 11.9. The van der Waals surface area contributed by atoms with Crippen molar-refractivity contribution in [1.29, 1.82) is 0 Å². The van der Waals surface area contributed by atoms with E-state index in [2.05, 4.69) is 50.1 Å². The third-order valence-corrected chi connectivity index (χ3v) is 17.1. The van der Waals surface area contributed by atoms with Crippen LogP contribution < -0.4 is 5.32 Å². The van der Waals surface area contributed by atoms with Gasteiger partial charge in [-0.05, 0) is 134 Å². The Bertz CT molecular complexity index is 1340. The predicted molar refractivity (Wildman–Crippen MR) is 181 cm³/mol. The molecule has 7 rings (SSSR count). The molecule has 0 bridgehead atoms. The first-order chi connectivity index (χ1) is 21.3. The maximum Gasteiger partial charge on any atom is 0.306 e. The van der Waals surface area contributed by atoms with Gasteiger partial charge in [-0.1, -0.05) is 46.3 Å². The van der Waals surface area contributed by atoms with E-state index >= 15 is 0 Å². The second-order valence-corrected chi connectivity index (χ2v) is 20.0. The molecule has 6 aliphatic carbocycles. The number of hydrogen-bond donors (Lipinski definition) is 2. The zero-order valence-electron chi connectivity index (χ0n) is 28.6. The molecule has 7 unspecified atom stereocenters. The molecule has 2 N–H and O–H groups in total. The predicted octanol–water partition coefficient (Wildman–Crippen LogP) is 6.87. The standard InChI is InChI=1S/C38H60N2O4S/c1-35(2)29(26-7-9-27(10-8-26)34(41)42)13-17-37(4)32(35)15-18-36(3)30-14-19-38(16-5-6-31(38)28(30)11-12-33(36)37)39-20-21-40-22-24-45(43,44)25-23-40/h7,13,27-28,30-33,39H,5-6,8-12,14-25H2,1-4H3,(H,41,42)/t27?,28?,30?,31-,32?,33+,36?,37?,38?/m1/s1. The van der Waals surface area contributed by atoms with Gasteiger partial charge in [0.1, 0.15) is 0 Å². The van der Waals surface area contributed by atoms with Gasteiger partial charge < -0.3 is 15.3 Å². The highest BCUT2D eigenvalue weighted by molar-refractivity contribution is 7.91. The first kappa shape index (κ1) is 32.4. The second-order valence-electron chi connectivity index (χ2n) is 17.7. The van der Waals surface area contributed by atoms with Gasteiger partial charge in [0.05, 0.1) is 17.4 Å². The zero-order chi connectivity index (χ0) is 31.8. The summed E-state index contributed by atoms with van der Waals surface area (Å²) in [7, 11) is -2.82. The monoisotopic (exact) mass is 640 g/mol. The van der Waals surface area contributed by atoms with Crippen molar-refractivity contribution in [3.8, 4) is 0 Å². The van der Waals surface area contributed by atoms with Crippen LogP contribution in [0, 0.1) is 51.8 Å². The molecule has 0 radical (unpaired) electrons. The van der Waals surface area contributed by atoms with Crippen molar-refractivity contribution in [2.45, 2.75) is 117 Å². The number of sulfone groups is 1. The van der Waals surface area contributed by atoms with E-state index in [9.17, 15) is 18.3 Å². The molecule has 9 atom stereocenters.